The van der Waals surface area contributed by atoms with Crippen LogP contribution >= 0.6 is 34.8 Å². The average molecular weight is 549 g/mol. The summed E-state index contributed by atoms with van der Waals surface area (Å²) in [4.78, 5) is 27.7. The average Bonchev–Trinajstić information content (AvgIpc) is 2.75. The lowest BCUT2D eigenvalue weighted by atomic mass is 10.1. The molecule has 0 bridgehead atoms. The maximum Gasteiger partial charge on any atom is 0.244 e. The largest absolute Gasteiger partial charge is 0.352 e. The van der Waals surface area contributed by atoms with E-state index in [1.54, 1.807) is 43.3 Å². The number of nitrogens with zero attached hydrogens (tertiary/aromatic N) is 2. The third-order valence-electron chi connectivity index (χ3n) is 5.30. The fourth-order valence-electron chi connectivity index (χ4n) is 3.13. The van der Waals surface area contributed by atoms with Crippen LogP contribution in [-0.4, -0.2) is 50.0 Å². The van der Waals surface area contributed by atoms with E-state index in [9.17, 15) is 18.0 Å². The van der Waals surface area contributed by atoms with Gasteiger partial charge in [0.1, 0.15) is 12.6 Å². The zero-order chi connectivity index (χ0) is 25.6. The van der Waals surface area contributed by atoms with Gasteiger partial charge in [0.2, 0.25) is 21.8 Å². The van der Waals surface area contributed by atoms with Gasteiger partial charge in [-0.05, 0) is 56.2 Å². The van der Waals surface area contributed by atoms with E-state index < -0.39 is 28.5 Å². The number of amides is 2. The monoisotopic (exact) mass is 547 g/mol. The van der Waals surface area contributed by atoms with E-state index >= 15 is 0 Å². The van der Waals surface area contributed by atoms with Crippen molar-refractivity contribution < 1.29 is 18.0 Å². The Labute approximate surface area is 216 Å². The van der Waals surface area contributed by atoms with E-state index in [2.05, 4.69) is 5.32 Å². The summed E-state index contributed by atoms with van der Waals surface area (Å²) in [6.45, 7) is 4.84. The van der Waals surface area contributed by atoms with E-state index in [1.807, 2.05) is 13.8 Å². The Hall–Kier alpha value is -2.00. The molecule has 11 heteroatoms. The highest BCUT2D eigenvalue weighted by molar-refractivity contribution is 7.92. The SMILES string of the molecule is CC[C@@H](C)NC(=O)[C@H](C)N(Cc1ccc(Cl)cc1Cl)C(=O)CN(c1cccc(Cl)c1)S(C)(=O)=O. The number of anilines is 1. The van der Waals surface area contributed by atoms with Gasteiger partial charge >= 0.3 is 0 Å². The molecule has 0 aliphatic rings. The third-order valence-corrected chi connectivity index (χ3v) is 7.26. The molecule has 2 atom stereocenters. The Kier molecular flexibility index (Phi) is 10.1. The summed E-state index contributed by atoms with van der Waals surface area (Å²) in [5, 5.41) is 3.94. The summed E-state index contributed by atoms with van der Waals surface area (Å²) < 4.78 is 26.0. The van der Waals surface area contributed by atoms with Crippen molar-refractivity contribution in [2.75, 3.05) is 17.1 Å². The number of halogens is 3. The molecule has 2 aromatic rings. The molecule has 0 saturated carbocycles. The van der Waals surface area contributed by atoms with Gasteiger partial charge < -0.3 is 10.2 Å². The van der Waals surface area contributed by atoms with Crippen molar-refractivity contribution in [1.82, 2.24) is 10.2 Å². The molecular formula is C23H28Cl3N3O4S. The van der Waals surface area contributed by atoms with Crippen LogP contribution in [0.15, 0.2) is 42.5 Å². The molecular weight excluding hydrogens is 521 g/mol. The number of sulfonamides is 1. The molecule has 0 saturated heterocycles. The fourth-order valence-corrected chi connectivity index (χ4v) is 4.62. The second kappa shape index (κ2) is 12.1. The highest BCUT2D eigenvalue weighted by Crippen LogP contribution is 2.25. The number of benzene rings is 2. The van der Waals surface area contributed by atoms with Crippen LogP contribution in [0.5, 0.6) is 0 Å². The van der Waals surface area contributed by atoms with Crippen molar-refractivity contribution in [1.29, 1.82) is 0 Å². The first kappa shape index (κ1) is 28.2. The van der Waals surface area contributed by atoms with Gasteiger partial charge in [-0.1, -0.05) is 53.9 Å². The van der Waals surface area contributed by atoms with Crippen LogP contribution in [0.3, 0.4) is 0 Å². The minimum absolute atomic E-state index is 0.0168. The molecule has 34 heavy (non-hydrogen) atoms. The van der Waals surface area contributed by atoms with E-state index in [-0.39, 0.29) is 24.2 Å². The molecule has 0 spiro atoms. The van der Waals surface area contributed by atoms with E-state index in [0.29, 0.717) is 27.1 Å². The molecule has 0 aliphatic carbocycles. The van der Waals surface area contributed by atoms with Crippen LogP contribution in [0.1, 0.15) is 32.8 Å². The quantitative estimate of drug-likeness (QED) is 0.464. The molecule has 0 fully saturated rings. The van der Waals surface area contributed by atoms with E-state index in [4.69, 9.17) is 34.8 Å². The van der Waals surface area contributed by atoms with Crippen LogP contribution in [-0.2, 0) is 26.2 Å². The third kappa shape index (κ3) is 7.77. The summed E-state index contributed by atoms with van der Waals surface area (Å²) in [6, 6.07) is 10.0. The van der Waals surface area contributed by atoms with Crippen molar-refractivity contribution >= 4 is 62.3 Å². The Balaban J connectivity index is 2.42. The van der Waals surface area contributed by atoms with Gasteiger partial charge in [0.25, 0.3) is 0 Å². The van der Waals surface area contributed by atoms with Crippen molar-refractivity contribution in [2.45, 2.75) is 45.8 Å². The van der Waals surface area contributed by atoms with Crippen molar-refractivity contribution in [2.24, 2.45) is 0 Å². The predicted octanol–water partition coefficient (Wildman–Crippen LogP) is 4.74. The summed E-state index contributed by atoms with van der Waals surface area (Å²) in [5.41, 5.74) is 0.806. The fraction of sp³-hybridized carbons (Fsp3) is 0.391. The Morgan fingerprint density at radius 1 is 1.03 bits per heavy atom. The molecule has 0 radical (unpaired) electrons. The van der Waals surface area contributed by atoms with Crippen LogP contribution in [0.4, 0.5) is 5.69 Å². The molecule has 2 aromatic carbocycles. The second-order valence-corrected chi connectivity index (χ2v) is 11.2. The van der Waals surface area contributed by atoms with Gasteiger partial charge in [0.15, 0.2) is 0 Å². The number of hydrogen-bond donors (Lipinski definition) is 1. The molecule has 2 rings (SSSR count). The zero-order valence-electron chi connectivity index (χ0n) is 19.4. The molecule has 0 unspecified atom stereocenters. The van der Waals surface area contributed by atoms with E-state index in [1.165, 1.54) is 11.0 Å². The molecule has 0 heterocycles. The molecule has 0 aliphatic heterocycles. The highest BCUT2D eigenvalue weighted by Gasteiger charge is 2.31. The van der Waals surface area contributed by atoms with Gasteiger partial charge in [-0.25, -0.2) is 8.42 Å². The highest BCUT2D eigenvalue weighted by atomic mass is 35.5. The van der Waals surface area contributed by atoms with Crippen molar-refractivity contribution in [3.05, 3.63) is 63.1 Å². The topological polar surface area (TPSA) is 86.8 Å². The van der Waals surface area contributed by atoms with Crippen LogP contribution in [0, 0.1) is 0 Å². The van der Waals surface area contributed by atoms with Crippen LogP contribution < -0.4 is 9.62 Å². The predicted molar refractivity (Wildman–Crippen MR) is 138 cm³/mol. The number of carbonyl (C=O) groups excluding carboxylic acids is 2. The maximum absolute atomic E-state index is 13.5. The van der Waals surface area contributed by atoms with Crippen LogP contribution in [0.25, 0.3) is 0 Å². The maximum atomic E-state index is 13.5. The lowest BCUT2D eigenvalue weighted by Crippen LogP contribution is -2.52. The van der Waals surface area contributed by atoms with Crippen molar-refractivity contribution in [3.8, 4) is 0 Å². The molecule has 0 aromatic heterocycles. The normalized spacial score (nSPS) is 13.1. The van der Waals surface area contributed by atoms with Crippen molar-refractivity contribution in [3.63, 3.8) is 0 Å². The molecule has 2 amide bonds. The first-order chi connectivity index (χ1) is 15.8. The first-order valence-corrected chi connectivity index (χ1v) is 13.6. The van der Waals surface area contributed by atoms with E-state index in [0.717, 1.165) is 10.6 Å². The summed E-state index contributed by atoms with van der Waals surface area (Å²) in [6.07, 6.45) is 1.71. The summed E-state index contributed by atoms with van der Waals surface area (Å²) in [7, 11) is -3.84. The van der Waals surface area contributed by atoms with Crippen LogP contribution in [0.2, 0.25) is 15.1 Å². The van der Waals surface area contributed by atoms with Gasteiger partial charge in [-0.15, -0.1) is 0 Å². The lowest BCUT2D eigenvalue weighted by Gasteiger charge is -2.32. The Bertz CT molecular complexity index is 1140. The zero-order valence-corrected chi connectivity index (χ0v) is 22.5. The minimum Gasteiger partial charge on any atom is -0.352 e. The van der Waals surface area contributed by atoms with Gasteiger partial charge in [0.05, 0.1) is 11.9 Å². The summed E-state index contributed by atoms with van der Waals surface area (Å²) >= 11 is 18.3. The second-order valence-electron chi connectivity index (χ2n) is 8.00. The Morgan fingerprint density at radius 2 is 1.68 bits per heavy atom. The summed E-state index contributed by atoms with van der Waals surface area (Å²) in [5.74, 6) is -0.940. The molecule has 186 valence electrons. The number of hydrogen-bond acceptors (Lipinski definition) is 4. The Morgan fingerprint density at radius 3 is 2.24 bits per heavy atom. The van der Waals surface area contributed by atoms with Gasteiger partial charge in [-0.3, -0.25) is 13.9 Å². The van der Waals surface area contributed by atoms with Gasteiger partial charge in [-0.2, -0.15) is 0 Å². The smallest absolute Gasteiger partial charge is 0.244 e. The first-order valence-electron chi connectivity index (χ1n) is 10.6. The minimum atomic E-state index is -3.84. The number of rotatable bonds is 10. The molecule has 7 nitrogen and oxygen atoms in total. The standard InChI is InChI=1S/C23H28Cl3N3O4S/c1-5-15(2)27-23(31)16(3)28(13-17-9-10-19(25)12-21(17)26)22(30)14-29(34(4,32)33)20-8-6-7-18(24)11-20/h6-12,15-16H,5,13-14H2,1-4H3,(H,27,31)/t15-,16+/m1/s1. The van der Waals surface area contributed by atoms with Gasteiger partial charge in [0, 0.05) is 27.7 Å². The lowest BCUT2D eigenvalue weighted by molar-refractivity contribution is -0.139. The number of nitrogens with one attached hydrogen (secondary N) is 1. The molecule has 1 N–H and O–H groups in total. The number of carbonyl (C=O) groups is 2.